The monoisotopic (exact) mass is 323 g/mol. The van der Waals surface area contributed by atoms with Crippen LogP contribution in [-0.4, -0.2) is 17.6 Å². The maximum atomic E-state index is 13.8. The molecule has 21 heavy (non-hydrogen) atoms. The summed E-state index contributed by atoms with van der Waals surface area (Å²) in [5, 5.41) is 0. The molecule has 108 valence electrons. The van der Waals surface area contributed by atoms with Crippen molar-refractivity contribution in [2.45, 2.75) is 6.54 Å². The SMILES string of the molecule is COC(=O)c1cc2sc(Cl)cc2n1Cc1ccccc1F. The van der Waals surface area contributed by atoms with Gasteiger partial charge in [0.05, 0.1) is 28.2 Å². The molecule has 0 radical (unpaired) electrons. The van der Waals surface area contributed by atoms with Gasteiger partial charge in [0.25, 0.3) is 0 Å². The van der Waals surface area contributed by atoms with Crippen LogP contribution < -0.4 is 0 Å². The molecule has 1 aromatic carbocycles. The van der Waals surface area contributed by atoms with Crippen LogP contribution >= 0.6 is 22.9 Å². The van der Waals surface area contributed by atoms with Gasteiger partial charge in [-0.3, -0.25) is 0 Å². The van der Waals surface area contributed by atoms with E-state index in [2.05, 4.69) is 0 Å². The lowest BCUT2D eigenvalue weighted by molar-refractivity contribution is 0.0589. The number of methoxy groups -OCH3 is 1. The standard InChI is InChI=1S/C15H11ClFNO2S/c1-20-15(19)12-6-13-11(7-14(16)21-13)18(12)8-9-4-2-3-5-10(9)17/h2-7H,8H2,1H3. The summed E-state index contributed by atoms with van der Waals surface area (Å²) in [6.45, 7) is 0.244. The van der Waals surface area contributed by atoms with E-state index >= 15 is 0 Å². The number of carbonyl (C=O) groups is 1. The summed E-state index contributed by atoms with van der Waals surface area (Å²) in [6.07, 6.45) is 0. The number of carbonyl (C=O) groups excluding carboxylic acids is 1. The Labute approximate surface area is 129 Å². The first-order chi connectivity index (χ1) is 10.1. The van der Waals surface area contributed by atoms with Crippen LogP contribution in [0.15, 0.2) is 36.4 Å². The summed E-state index contributed by atoms with van der Waals surface area (Å²) in [6, 6.07) is 9.97. The van der Waals surface area contributed by atoms with E-state index in [9.17, 15) is 9.18 Å². The summed E-state index contributed by atoms with van der Waals surface area (Å²) in [5.74, 6) is -0.762. The molecule has 0 fully saturated rings. The van der Waals surface area contributed by atoms with Gasteiger partial charge in [0.15, 0.2) is 0 Å². The molecule has 0 atom stereocenters. The number of nitrogens with zero attached hydrogens (tertiary/aromatic N) is 1. The Kier molecular flexibility index (Phi) is 3.69. The van der Waals surface area contributed by atoms with Crippen LogP contribution in [0.1, 0.15) is 16.1 Å². The molecule has 3 rings (SSSR count). The molecule has 3 aromatic rings. The first-order valence-electron chi connectivity index (χ1n) is 6.20. The van der Waals surface area contributed by atoms with Gasteiger partial charge in [-0.2, -0.15) is 0 Å². The molecule has 0 amide bonds. The Morgan fingerprint density at radius 2 is 2.14 bits per heavy atom. The van der Waals surface area contributed by atoms with E-state index in [0.717, 1.165) is 10.2 Å². The zero-order valence-corrected chi connectivity index (χ0v) is 12.7. The molecular weight excluding hydrogens is 313 g/mol. The highest BCUT2D eigenvalue weighted by Gasteiger charge is 2.19. The Balaban J connectivity index is 2.14. The van der Waals surface area contributed by atoms with Crippen LogP contribution in [0.4, 0.5) is 4.39 Å². The molecule has 0 N–H and O–H groups in total. The third-order valence-corrected chi connectivity index (χ3v) is 4.44. The van der Waals surface area contributed by atoms with Gasteiger partial charge >= 0.3 is 5.97 Å². The van der Waals surface area contributed by atoms with Crippen LogP contribution in [0.3, 0.4) is 0 Å². The molecular formula is C15H11ClFNO2S. The Morgan fingerprint density at radius 3 is 2.86 bits per heavy atom. The van der Waals surface area contributed by atoms with E-state index < -0.39 is 5.97 Å². The van der Waals surface area contributed by atoms with Gasteiger partial charge in [-0.1, -0.05) is 29.8 Å². The fourth-order valence-corrected chi connectivity index (χ4v) is 3.43. The Bertz CT molecular complexity index is 824. The average molecular weight is 324 g/mol. The van der Waals surface area contributed by atoms with E-state index in [1.54, 1.807) is 34.9 Å². The average Bonchev–Trinajstić information content (AvgIpc) is 2.98. The summed E-state index contributed by atoms with van der Waals surface area (Å²) >= 11 is 7.38. The normalized spacial score (nSPS) is 11.0. The van der Waals surface area contributed by atoms with Crippen LogP contribution in [-0.2, 0) is 11.3 Å². The van der Waals surface area contributed by atoms with E-state index in [4.69, 9.17) is 16.3 Å². The van der Waals surface area contributed by atoms with Crippen molar-refractivity contribution in [3.8, 4) is 0 Å². The molecule has 2 aromatic heterocycles. The molecule has 0 saturated carbocycles. The van der Waals surface area contributed by atoms with Gasteiger partial charge in [0, 0.05) is 5.56 Å². The molecule has 0 unspecified atom stereocenters. The second-order valence-electron chi connectivity index (χ2n) is 4.50. The third kappa shape index (κ3) is 2.54. The number of halogens is 2. The second-order valence-corrected chi connectivity index (χ2v) is 6.21. The molecule has 0 bridgehead atoms. The molecule has 2 heterocycles. The minimum Gasteiger partial charge on any atom is -0.464 e. The van der Waals surface area contributed by atoms with Crippen molar-refractivity contribution in [1.29, 1.82) is 0 Å². The van der Waals surface area contributed by atoms with Gasteiger partial charge in [-0.25, -0.2) is 9.18 Å². The van der Waals surface area contributed by atoms with Crippen molar-refractivity contribution in [2.75, 3.05) is 7.11 Å². The lowest BCUT2D eigenvalue weighted by atomic mass is 10.2. The van der Waals surface area contributed by atoms with Crippen LogP contribution in [0.2, 0.25) is 4.34 Å². The number of thiophene rings is 1. The fourth-order valence-electron chi connectivity index (χ4n) is 2.25. The van der Waals surface area contributed by atoms with E-state index in [0.29, 0.717) is 15.6 Å². The zero-order chi connectivity index (χ0) is 15.0. The van der Waals surface area contributed by atoms with Crippen molar-refractivity contribution in [3.63, 3.8) is 0 Å². The molecule has 0 aliphatic heterocycles. The minimum atomic E-state index is -0.453. The topological polar surface area (TPSA) is 31.2 Å². The highest BCUT2D eigenvalue weighted by atomic mass is 35.5. The lowest BCUT2D eigenvalue weighted by Gasteiger charge is -2.09. The van der Waals surface area contributed by atoms with Crippen LogP contribution in [0.25, 0.3) is 10.2 Å². The summed E-state index contributed by atoms with van der Waals surface area (Å²) in [5.41, 5.74) is 1.69. The van der Waals surface area contributed by atoms with Crippen molar-refractivity contribution >= 4 is 39.1 Å². The smallest absolute Gasteiger partial charge is 0.354 e. The lowest BCUT2D eigenvalue weighted by Crippen LogP contribution is -2.12. The number of rotatable bonds is 3. The quantitative estimate of drug-likeness (QED) is 0.672. The first kappa shape index (κ1) is 14.1. The van der Waals surface area contributed by atoms with Gasteiger partial charge in [0.2, 0.25) is 0 Å². The number of benzene rings is 1. The Hall–Kier alpha value is -1.85. The molecule has 0 aliphatic rings. The minimum absolute atomic E-state index is 0.244. The van der Waals surface area contributed by atoms with Gasteiger partial charge < -0.3 is 9.30 Å². The number of fused-ring (bicyclic) bond motifs is 1. The van der Waals surface area contributed by atoms with E-state index in [-0.39, 0.29) is 12.4 Å². The number of esters is 1. The van der Waals surface area contributed by atoms with Crippen molar-refractivity contribution in [3.05, 3.63) is 57.8 Å². The largest absolute Gasteiger partial charge is 0.464 e. The van der Waals surface area contributed by atoms with Crippen LogP contribution in [0, 0.1) is 5.82 Å². The number of ether oxygens (including phenoxy) is 1. The molecule has 0 aliphatic carbocycles. The summed E-state index contributed by atoms with van der Waals surface area (Å²) in [7, 11) is 1.32. The molecule has 0 saturated heterocycles. The first-order valence-corrected chi connectivity index (χ1v) is 7.40. The highest BCUT2D eigenvalue weighted by molar-refractivity contribution is 7.22. The number of aromatic nitrogens is 1. The highest BCUT2D eigenvalue weighted by Crippen LogP contribution is 2.33. The van der Waals surface area contributed by atoms with E-state index in [1.165, 1.54) is 24.5 Å². The van der Waals surface area contributed by atoms with Gasteiger partial charge in [0.1, 0.15) is 11.5 Å². The van der Waals surface area contributed by atoms with Crippen molar-refractivity contribution < 1.29 is 13.9 Å². The fraction of sp³-hybridized carbons (Fsp3) is 0.133. The van der Waals surface area contributed by atoms with Crippen molar-refractivity contribution in [1.82, 2.24) is 4.57 Å². The molecule has 3 nitrogen and oxygen atoms in total. The molecule has 6 heteroatoms. The predicted octanol–water partition coefficient (Wildman–Crippen LogP) is 4.33. The zero-order valence-electron chi connectivity index (χ0n) is 11.1. The molecule has 0 spiro atoms. The van der Waals surface area contributed by atoms with Gasteiger partial charge in [-0.05, 0) is 18.2 Å². The van der Waals surface area contributed by atoms with Gasteiger partial charge in [-0.15, -0.1) is 11.3 Å². The Morgan fingerprint density at radius 1 is 1.38 bits per heavy atom. The van der Waals surface area contributed by atoms with Crippen LogP contribution in [0.5, 0.6) is 0 Å². The van der Waals surface area contributed by atoms with Crippen molar-refractivity contribution in [2.24, 2.45) is 0 Å². The summed E-state index contributed by atoms with van der Waals surface area (Å²) < 4.78 is 21.9. The maximum Gasteiger partial charge on any atom is 0.354 e. The maximum absolute atomic E-state index is 13.8. The third-order valence-electron chi connectivity index (χ3n) is 3.24. The second kappa shape index (κ2) is 5.50. The summed E-state index contributed by atoms with van der Waals surface area (Å²) in [4.78, 5) is 11.9. The predicted molar refractivity (Wildman–Crippen MR) is 81.7 cm³/mol. The number of hydrogen-bond donors (Lipinski definition) is 0. The van der Waals surface area contributed by atoms with E-state index in [1.807, 2.05) is 0 Å². The number of hydrogen-bond acceptors (Lipinski definition) is 3.